The third-order valence-corrected chi connectivity index (χ3v) is 3.65. The second-order valence-corrected chi connectivity index (χ2v) is 5.94. The van der Waals surface area contributed by atoms with E-state index in [0.29, 0.717) is 18.5 Å². The van der Waals surface area contributed by atoms with Crippen molar-refractivity contribution in [1.82, 2.24) is 4.90 Å². The number of Topliss-reactive ketones (excluding diaryl/α,β-unsaturated/α-hetero) is 1. The molecule has 20 heavy (non-hydrogen) atoms. The van der Waals surface area contributed by atoms with Crippen LogP contribution in [0.2, 0.25) is 0 Å². The molecular weight excluding hydrogens is 260 g/mol. The molecule has 110 valence electrons. The Morgan fingerprint density at radius 1 is 1.30 bits per heavy atom. The average Bonchev–Trinajstić information content (AvgIpc) is 3.21. The van der Waals surface area contributed by atoms with E-state index in [0.717, 1.165) is 37.9 Å². The highest BCUT2D eigenvalue weighted by atomic mass is 19.2. The lowest BCUT2D eigenvalue weighted by Crippen LogP contribution is -2.33. The summed E-state index contributed by atoms with van der Waals surface area (Å²) in [5.41, 5.74) is 0.249. The molecule has 0 saturated heterocycles. The summed E-state index contributed by atoms with van der Waals surface area (Å²) in [4.78, 5) is 14.3. The summed E-state index contributed by atoms with van der Waals surface area (Å²) in [5.74, 6) is -1.43. The first-order valence-corrected chi connectivity index (χ1v) is 7.19. The number of benzene rings is 1. The summed E-state index contributed by atoms with van der Waals surface area (Å²) < 4.78 is 26.0. The van der Waals surface area contributed by atoms with Crippen molar-refractivity contribution in [3.05, 3.63) is 35.4 Å². The van der Waals surface area contributed by atoms with Crippen LogP contribution < -0.4 is 0 Å². The van der Waals surface area contributed by atoms with Crippen molar-refractivity contribution in [3.8, 4) is 0 Å². The molecule has 0 N–H and O–H groups in total. The van der Waals surface area contributed by atoms with Gasteiger partial charge in [0.25, 0.3) is 0 Å². The van der Waals surface area contributed by atoms with Gasteiger partial charge in [0.1, 0.15) is 0 Å². The van der Waals surface area contributed by atoms with E-state index in [1.54, 1.807) is 0 Å². The molecule has 0 aliphatic heterocycles. The van der Waals surface area contributed by atoms with Gasteiger partial charge in [0.05, 0.1) is 6.54 Å². The van der Waals surface area contributed by atoms with E-state index in [1.165, 1.54) is 6.07 Å². The van der Waals surface area contributed by atoms with Gasteiger partial charge < -0.3 is 0 Å². The third-order valence-electron chi connectivity index (χ3n) is 3.65. The molecule has 2 nitrogen and oxygen atoms in total. The fourth-order valence-corrected chi connectivity index (χ4v) is 2.20. The van der Waals surface area contributed by atoms with Gasteiger partial charge >= 0.3 is 0 Å². The average molecular weight is 281 g/mol. The maximum absolute atomic E-state index is 13.2. The fraction of sp³-hybridized carbons (Fsp3) is 0.562. The first-order chi connectivity index (χ1) is 9.47. The molecule has 1 fully saturated rings. The summed E-state index contributed by atoms with van der Waals surface area (Å²) in [6.07, 6.45) is 3.30. The highest BCUT2D eigenvalue weighted by Gasteiger charge is 2.30. The van der Waals surface area contributed by atoms with Crippen molar-refractivity contribution in [2.45, 2.75) is 39.2 Å². The monoisotopic (exact) mass is 281 g/mol. The van der Waals surface area contributed by atoms with Gasteiger partial charge in [-0.15, -0.1) is 0 Å². The van der Waals surface area contributed by atoms with Gasteiger partial charge in [0.15, 0.2) is 17.4 Å². The van der Waals surface area contributed by atoms with Crippen molar-refractivity contribution in [2.24, 2.45) is 5.92 Å². The Labute approximate surface area is 118 Å². The molecule has 1 aromatic rings. The molecule has 0 heterocycles. The van der Waals surface area contributed by atoms with Gasteiger partial charge in [0, 0.05) is 11.6 Å². The van der Waals surface area contributed by atoms with E-state index in [-0.39, 0.29) is 11.3 Å². The predicted octanol–water partition coefficient (Wildman–Crippen LogP) is 3.66. The van der Waals surface area contributed by atoms with Gasteiger partial charge in [-0.25, -0.2) is 8.78 Å². The summed E-state index contributed by atoms with van der Waals surface area (Å²) >= 11 is 0. The number of nitrogens with zero attached hydrogens (tertiary/aromatic N) is 1. The van der Waals surface area contributed by atoms with Crippen molar-refractivity contribution in [2.75, 3.05) is 13.1 Å². The van der Waals surface area contributed by atoms with Crippen LogP contribution >= 0.6 is 0 Å². The maximum Gasteiger partial charge on any atom is 0.176 e. The minimum Gasteiger partial charge on any atom is -0.293 e. The van der Waals surface area contributed by atoms with Crippen molar-refractivity contribution < 1.29 is 13.6 Å². The second-order valence-electron chi connectivity index (χ2n) is 5.94. The molecule has 2 rings (SSSR count). The number of carbonyl (C=O) groups excluding carboxylic acids is 1. The van der Waals surface area contributed by atoms with Crippen LogP contribution in [0.25, 0.3) is 0 Å². The molecule has 0 spiro atoms. The van der Waals surface area contributed by atoms with Crippen molar-refractivity contribution in [1.29, 1.82) is 0 Å². The SMILES string of the molecule is CC(C)CCN(CC(=O)c1ccc(F)c(F)c1)C1CC1. The Balaban J connectivity index is 1.98. The van der Waals surface area contributed by atoms with Crippen LogP contribution in [0, 0.1) is 17.6 Å². The molecule has 4 heteroatoms. The first-order valence-electron chi connectivity index (χ1n) is 7.19. The lowest BCUT2D eigenvalue weighted by atomic mass is 10.1. The van der Waals surface area contributed by atoms with Gasteiger partial charge in [-0.3, -0.25) is 9.69 Å². The van der Waals surface area contributed by atoms with Crippen LogP contribution in [-0.2, 0) is 0 Å². The number of ketones is 1. The highest BCUT2D eigenvalue weighted by molar-refractivity contribution is 5.97. The molecule has 0 radical (unpaired) electrons. The van der Waals surface area contributed by atoms with Gasteiger partial charge in [-0.2, -0.15) is 0 Å². The molecular formula is C16H21F2NO. The Bertz CT molecular complexity index is 483. The molecule has 1 aliphatic rings. The van der Waals surface area contributed by atoms with E-state index in [9.17, 15) is 13.6 Å². The van der Waals surface area contributed by atoms with Gasteiger partial charge in [-0.05, 0) is 49.9 Å². The molecule has 1 aromatic carbocycles. The first kappa shape index (κ1) is 15.1. The maximum atomic E-state index is 13.2. The Morgan fingerprint density at radius 3 is 2.55 bits per heavy atom. The van der Waals surface area contributed by atoms with Crippen LogP contribution in [0.4, 0.5) is 8.78 Å². The summed E-state index contributed by atoms with van der Waals surface area (Å²) in [7, 11) is 0. The zero-order chi connectivity index (χ0) is 14.7. The van der Waals surface area contributed by atoms with Crippen LogP contribution in [0.5, 0.6) is 0 Å². The molecule has 0 bridgehead atoms. The number of hydrogen-bond donors (Lipinski definition) is 0. The third kappa shape index (κ3) is 4.10. The standard InChI is InChI=1S/C16H21F2NO/c1-11(2)7-8-19(13-4-5-13)10-16(20)12-3-6-14(17)15(18)9-12/h3,6,9,11,13H,4-5,7-8,10H2,1-2H3. The van der Waals surface area contributed by atoms with E-state index in [1.807, 2.05) is 0 Å². The second kappa shape index (κ2) is 6.44. The van der Waals surface area contributed by atoms with Gasteiger partial charge in [-0.1, -0.05) is 13.8 Å². The van der Waals surface area contributed by atoms with Gasteiger partial charge in [0.2, 0.25) is 0 Å². The number of rotatable bonds is 7. The largest absolute Gasteiger partial charge is 0.293 e. The zero-order valence-corrected chi connectivity index (χ0v) is 12.0. The molecule has 1 saturated carbocycles. The zero-order valence-electron chi connectivity index (χ0n) is 12.0. The lowest BCUT2D eigenvalue weighted by molar-refractivity contribution is 0.0920. The van der Waals surface area contributed by atoms with E-state index >= 15 is 0 Å². The minimum atomic E-state index is -0.962. The Kier molecular flexibility index (Phi) is 4.86. The summed E-state index contributed by atoms with van der Waals surface area (Å²) in [5, 5.41) is 0. The van der Waals surface area contributed by atoms with E-state index in [2.05, 4.69) is 18.7 Å². The van der Waals surface area contributed by atoms with E-state index in [4.69, 9.17) is 0 Å². The lowest BCUT2D eigenvalue weighted by Gasteiger charge is -2.22. The van der Waals surface area contributed by atoms with Crippen LogP contribution in [-0.4, -0.2) is 29.8 Å². The Morgan fingerprint density at radius 2 is 2.00 bits per heavy atom. The summed E-state index contributed by atoms with van der Waals surface area (Å²) in [6.45, 7) is 5.49. The van der Waals surface area contributed by atoms with Crippen molar-refractivity contribution >= 4 is 5.78 Å². The number of carbonyl (C=O) groups is 1. The summed E-state index contributed by atoms with van der Waals surface area (Å²) in [6, 6.07) is 3.85. The normalized spacial score (nSPS) is 15.1. The fourth-order valence-electron chi connectivity index (χ4n) is 2.20. The van der Waals surface area contributed by atoms with Crippen LogP contribution in [0.1, 0.15) is 43.5 Å². The van der Waals surface area contributed by atoms with Crippen LogP contribution in [0.15, 0.2) is 18.2 Å². The Hall–Kier alpha value is -1.29. The number of hydrogen-bond acceptors (Lipinski definition) is 2. The molecule has 0 aromatic heterocycles. The van der Waals surface area contributed by atoms with Crippen LogP contribution in [0.3, 0.4) is 0 Å². The molecule has 0 amide bonds. The van der Waals surface area contributed by atoms with Crippen molar-refractivity contribution in [3.63, 3.8) is 0 Å². The highest BCUT2D eigenvalue weighted by Crippen LogP contribution is 2.27. The molecule has 0 atom stereocenters. The molecule has 0 unspecified atom stereocenters. The topological polar surface area (TPSA) is 20.3 Å². The van der Waals surface area contributed by atoms with E-state index < -0.39 is 11.6 Å². The smallest absolute Gasteiger partial charge is 0.176 e. The quantitative estimate of drug-likeness (QED) is 0.711. The predicted molar refractivity (Wildman–Crippen MR) is 74.7 cm³/mol. The molecule has 1 aliphatic carbocycles. The minimum absolute atomic E-state index is 0.139. The number of halogens is 2.